The highest BCUT2D eigenvalue weighted by atomic mass is 19.4. The van der Waals surface area contributed by atoms with Gasteiger partial charge in [0.25, 0.3) is 0 Å². The van der Waals surface area contributed by atoms with E-state index in [1.54, 1.807) is 16.7 Å². The summed E-state index contributed by atoms with van der Waals surface area (Å²) in [7, 11) is 0. The number of carbonyl (C=O) groups is 1. The first-order chi connectivity index (χ1) is 11.9. The topological polar surface area (TPSA) is 44.1 Å². The molecule has 1 heterocycles. The molecule has 0 amide bonds. The molecule has 0 saturated carbocycles. The van der Waals surface area contributed by atoms with Crippen LogP contribution < -0.4 is 0 Å². The van der Waals surface area contributed by atoms with Gasteiger partial charge in [0.2, 0.25) is 0 Å². The predicted octanol–water partition coefficient (Wildman–Crippen LogP) is 4.25. The highest BCUT2D eigenvalue weighted by molar-refractivity contribution is 5.88. The van der Waals surface area contributed by atoms with Gasteiger partial charge in [0.1, 0.15) is 6.61 Å². The van der Waals surface area contributed by atoms with E-state index in [-0.39, 0.29) is 17.9 Å². The SMILES string of the molecule is O=C(OCc1cccc(C(F)(F)F)c1)c1cncn1-c1ccccc1. The Bertz CT molecular complexity index is 873. The van der Waals surface area contributed by atoms with Crippen molar-refractivity contribution in [3.05, 3.63) is 83.9 Å². The third-order valence-electron chi connectivity index (χ3n) is 3.51. The Labute approximate surface area is 141 Å². The standard InChI is InChI=1S/C18H13F3N2O2/c19-18(20,21)14-6-4-5-13(9-14)11-25-17(24)16-10-22-12-23(16)15-7-2-1-3-8-15/h1-10,12H,11H2. The van der Waals surface area contributed by atoms with Gasteiger partial charge >= 0.3 is 12.1 Å². The highest BCUT2D eigenvalue weighted by Crippen LogP contribution is 2.29. The first kappa shape index (κ1) is 16.8. The number of imidazole rings is 1. The van der Waals surface area contributed by atoms with Gasteiger partial charge in [-0.15, -0.1) is 0 Å². The van der Waals surface area contributed by atoms with Crippen LogP contribution in [0.15, 0.2) is 67.1 Å². The molecule has 0 aliphatic rings. The van der Waals surface area contributed by atoms with Gasteiger partial charge in [-0.05, 0) is 29.8 Å². The number of halogens is 3. The maximum Gasteiger partial charge on any atom is 0.416 e. The van der Waals surface area contributed by atoms with Crippen molar-refractivity contribution >= 4 is 5.97 Å². The lowest BCUT2D eigenvalue weighted by Crippen LogP contribution is -2.11. The number of esters is 1. The summed E-state index contributed by atoms with van der Waals surface area (Å²) in [6, 6.07) is 13.7. The van der Waals surface area contributed by atoms with E-state index in [1.165, 1.54) is 24.7 Å². The Morgan fingerprint density at radius 1 is 1.08 bits per heavy atom. The van der Waals surface area contributed by atoms with Crippen LogP contribution in [0.1, 0.15) is 21.6 Å². The number of aromatic nitrogens is 2. The minimum atomic E-state index is -4.44. The minimum Gasteiger partial charge on any atom is -0.456 e. The van der Waals surface area contributed by atoms with Crippen molar-refractivity contribution < 1.29 is 22.7 Å². The summed E-state index contributed by atoms with van der Waals surface area (Å²) in [6.45, 7) is -0.261. The number of rotatable bonds is 4. The summed E-state index contributed by atoms with van der Waals surface area (Å²) in [5.74, 6) is -0.668. The number of hydrogen-bond acceptors (Lipinski definition) is 3. The molecule has 0 bridgehead atoms. The predicted molar refractivity (Wildman–Crippen MR) is 84.1 cm³/mol. The van der Waals surface area contributed by atoms with Crippen LogP contribution in [-0.4, -0.2) is 15.5 Å². The molecule has 2 aromatic carbocycles. The van der Waals surface area contributed by atoms with Gasteiger partial charge in [-0.25, -0.2) is 9.78 Å². The average Bonchev–Trinajstić information content (AvgIpc) is 3.10. The zero-order valence-electron chi connectivity index (χ0n) is 12.9. The lowest BCUT2D eigenvalue weighted by Gasteiger charge is -2.10. The minimum absolute atomic E-state index is 0.193. The lowest BCUT2D eigenvalue weighted by molar-refractivity contribution is -0.137. The molecule has 0 N–H and O–H groups in total. The molecule has 0 aliphatic carbocycles. The number of para-hydroxylation sites is 1. The molecule has 3 aromatic rings. The lowest BCUT2D eigenvalue weighted by atomic mass is 10.1. The van der Waals surface area contributed by atoms with Crippen LogP contribution in [0, 0.1) is 0 Å². The second-order valence-electron chi connectivity index (χ2n) is 5.26. The summed E-state index contributed by atoms with van der Waals surface area (Å²) < 4.78 is 44.8. The molecule has 7 heteroatoms. The van der Waals surface area contributed by atoms with Crippen molar-refractivity contribution in [1.29, 1.82) is 0 Å². The number of hydrogen-bond donors (Lipinski definition) is 0. The number of benzene rings is 2. The summed E-state index contributed by atoms with van der Waals surface area (Å²) in [5, 5.41) is 0. The first-order valence-electron chi connectivity index (χ1n) is 7.36. The van der Waals surface area contributed by atoms with E-state index in [0.717, 1.165) is 17.8 Å². The van der Waals surface area contributed by atoms with Gasteiger partial charge in [0.15, 0.2) is 5.69 Å². The molecule has 0 fully saturated rings. The maximum absolute atomic E-state index is 12.7. The molecule has 25 heavy (non-hydrogen) atoms. The van der Waals surface area contributed by atoms with Gasteiger partial charge in [0.05, 0.1) is 18.1 Å². The molecule has 0 radical (unpaired) electrons. The Kier molecular flexibility index (Phi) is 4.56. The van der Waals surface area contributed by atoms with Crippen molar-refractivity contribution in [3.63, 3.8) is 0 Å². The average molecular weight is 346 g/mol. The summed E-state index contributed by atoms with van der Waals surface area (Å²) in [5.41, 5.74) is 0.397. The van der Waals surface area contributed by atoms with Gasteiger partial charge in [0, 0.05) is 5.69 Å². The van der Waals surface area contributed by atoms with Crippen LogP contribution in [0.5, 0.6) is 0 Å². The zero-order chi connectivity index (χ0) is 17.9. The maximum atomic E-state index is 12.7. The van der Waals surface area contributed by atoms with E-state index in [2.05, 4.69) is 4.98 Å². The van der Waals surface area contributed by atoms with Crippen molar-refractivity contribution in [2.75, 3.05) is 0 Å². The zero-order valence-corrected chi connectivity index (χ0v) is 12.9. The Hall–Kier alpha value is -3.09. The number of nitrogens with zero attached hydrogens (tertiary/aromatic N) is 2. The molecule has 1 aromatic heterocycles. The van der Waals surface area contributed by atoms with Crippen LogP contribution in [0.4, 0.5) is 13.2 Å². The second kappa shape index (κ2) is 6.80. The number of ether oxygens (including phenoxy) is 1. The Morgan fingerprint density at radius 2 is 1.84 bits per heavy atom. The molecule has 4 nitrogen and oxygen atoms in total. The van der Waals surface area contributed by atoms with Gasteiger partial charge in [-0.3, -0.25) is 4.57 Å². The van der Waals surface area contributed by atoms with Crippen molar-refractivity contribution in [3.8, 4) is 5.69 Å². The van der Waals surface area contributed by atoms with E-state index in [4.69, 9.17) is 4.74 Å². The fourth-order valence-electron chi connectivity index (χ4n) is 2.30. The third-order valence-corrected chi connectivity index (χ3v) is 3.51. The molecule has 128 valence electrons. The van der Waals surface area contributed by atoms with Crippen LogP contribution in [-0.2, 0) is 17.5 Å². The van der Waals surface area contributed by atoms with Crippen LogP contribution >= 0.6 is 0 Å². The molecule has 0 unspecified atom stereocenters. The first-order valence-corrected chi connectivity index (χ1v) is 7.36. The van der Waals surface area contributed by atoms with E-state index in [9.17, 15) is 18.0 Å². The monoisotopic (exact) mass is 346 g/mol. The molecule has 0 spiro atoms. The van der Waals surface area contributed by atoms with Crippen molar-refractivity contribution in [1.82, 2.24) is 9.55 Å². The largest absolute Gasteiger partial charge is 0.456 e. The fourth-order valence-corrected chi connectivity index (χ4v) is 2.30. The molecular weight excluding hydrogens is 333 g/mol. The van der Waals surface area contributed by atoms with Gasteiger partial charge in [-0.2, -0.15) is 13.2 Å². The highest BCUT2D eigenvalue weighted by Gasteiger charge is 2.30. The molecule has 0 aliphatic heterocycles. The second-order valence-corrected chi connectivity index (χ2v) is 5.26. The van der Waals surface area contributed by atoms with Crippen molar-refractivity contribution in [2.45, 2.75) is 12.8 Å². The molecule has 0 atom stereocenters. The van der Waals surface area contributed by atoms with E-state index in [0.29, 0.717) is 0 Å². The summed E-state index contributed by atoms with van der Waals surface area (Å²) in [4.78, 5) is 16.2. The van der Waals surface area contributed by atoms with Gasteiger partial charge < -0.3 is 4.74 Å². The quantitative estimate of drug-likeness (QED) is 0.664. The van der Waals surface area contributed by atoms with E-state index < -0.39 is 17.7 Å². The smallest absolute Gasteiger partial charge is 0.416 e. The van der Waals surface area contributed by atoms with Crippen molar-refractivity contribution in [2.24, 2.45) is 0 Å². The Balaban J connectivity index is 1.74. The third kappa shape index (κ3) is 3.88. The van der Waals surface area contributed by atoms with Crippen LogP contribution in [0.3, 0.4) is 0 Å². The van der Waals surface area contributed by atoms with Crippen LogP contribution in [0.2, 0.25) is 0 Å². The number of carbonyl (C=O) groups excluding carboxylic acids is 1. The van der Waals surface area contributed by atoms with E-state index >= 15 is 0 Å². The fraction of sp³-hybridized carbons (Fsp3) is 0.111. The molecule has 0 saturated heterocycles. The Morgan fingerprint density at radius 3 is 2.56 bits per heavy atom. The summed E-state index contributed by atoms with van der Waals surface area (Å²) >= 11 is 0. The molecule has 3 rings (SSSR count). The summed E-state index contributed by atoms with van der Waals surface area (Å²) in [6.07, 6.45) is -1.62. The number of alkyl halides is 3. The van der Waals surface area contributed by atoms with Crippen LogP contribution in [0.25, 0.3) is 5.69 Å². The molecular formula is C18H13F3N2O2. The van der Waals surface area contributed by atoms with Gasteiger partial charge in [-0.1, -0.05) is 30.3 Å². The normalized spacial score (nSPS) is 11.3. The van der Waals surface area contributed by atoms with E-state index in [1.807, 2.05) is 18.2 Å².